The van der Waals surface area contributed by atoms with Crippen LogP contribution in [0.2, 0.25) is 0 Å². The topological polar surface area (TPSA) is 0 Å². The molecule has 0 N–H and O–H groups in total. The lowest BCUT2D eigenvalue weighted by atomic mass is 10.3. The fourth-order valence-electron chi connectivity index (χ4n) is 1.22. The molecule has 0 heteroatoms. The molecule has 64 valence electrons. The predicted molar refractivity (Wildman–Crippen MR) is 54.1 cm³/mol. The number of allylic oxidation sites excluding steroid dienone is 2. The van der Waals surface area contributed by atoms with Crippen LogP contribution in [0.4, 0.5) is 0 Å². The molecule has 0 saturated heterocycles. The van der Waals surface area contributed by atoms with E-state index in [1.165, 1.54) is 19.3 Å². The van der Waals surface area contributed by atoms with E-state index in [1.807, 2.05) is 36.4 Å². The zero-order valence-electron chi connectivity index (χ0n) is 7.66. The smallest absolute Gasteiger partial charge is 0.0320 e. The second-order valence-electron chi connectivity index (χ2n) is 3.10. The van der Waals surface area contributed by atoms with Crippen molar-refractivity contribution in [2.24, 2.45) is 0 Å². The molecule has 0 aromatic heterocycles. The van der Waals surface area contributed by atoms with E-state index >= 15 is 0 Å². The third kappa shape index (κ3) is 3.97. The minimum absolute atomic E-state index is 1.33. The van der Waals surface area contributed by atoms with Crippen LogP contribution in [0.25, 0.3) is 0 Å². The molecule has 0 bridgehead atoms. The van der Waals surface area contributed by atoms with E-state index in [-0.39, 0.29) is 0 Å². The molecule has 0 aliphatic heterocycles. The zero-order chi connectivity index (χ0) is 8.65. The number of benzene rings is 1. The summed E-state index contributed by atoms with van der Waals surface area (Å²) in [6.45, 7) is 2.20. The van der Waals surface area contributed by atoms with E-state index in [2.05, 4.69) is 13.0 Å². The molecule has 0 fully saturated rings. The van der Waals surface area contributed by atoms with Crippen molar-refractivity contribution in [1.82, 2.24) is 0 Å². The van der Waals surface area contributed by atoms with Gasteiger partial charge in [-0.1, -0.05) is 48.0 Å². The first-order valence-electron chi connectivity index (χ1n) is 4.55. The minimum atomic E-state index is 1.33. The molecule has 0 spiro atoms. The van der Waals surface area contributed by atoms with Crippen molar-refractivity contribution in [3.05, 3.63) is 48.0 Å². The van der Waals surface area contributed by atoms with Gasteiger partial charge < -0.3 is 0 Å². The monoisotopic (exact) mass is 160 g/mol. The molecule has 1 aliphatic carbocycles. The second kappa shape index (κ2) is 5.59. The van der Waals surface area contributed by atoms with Gasteiger partial charge in [-0.15, -0.1) is 0 Å². The van der Waals surface area contributed by atoms with Crippen LogP contribution in [-0.4, -0.2) is 0 Å². The SMILES string of the molecule is CC1=CCCC1.c1ccccc1. The summed E-state index contributed by atoms with van der Waals surface area (Å²) >= 11 is 0. The van der Waals surface area contributed by atoms with Gasteiger partial charge in [0, 0.05) is 0 Å². The van der Waals surface area contributed by atoms with Crippen LogP contribution in [0, 0.1) is 0 Å². The van der Waals surface area contributed by atoms with E-state index in [9.17, 15) is 0 Å². The Morgan fingerprint density at radius 2 is 1.42 bits per heavy atom. The minimum Gasteiger partial charge on any atom is -0.0856 e. The van der Waals surface area contributed by atoms with Crippen molar-refractivity contribution >= 4 is 0 Å². The molecule has 0 nitrogen and oxygen atoms in total. The second-order valence-corrected chi connectivity index (χ2v) is 3.10. The Bertz CT molecular complexity index is 194. The van der Waals surface area contributed by atoms with E-state index in [0.717, 1.165) is 0 Å². The molecule has 12 heavy (non-hydrogen) atoms. The van der Waals surface area contributed by atoms with E-state index in [1.54, 1.807) is 5.57 Å². The fourth-order valence-corrected chi connectivity index (χ4v) is 1.22. The van der Waals surface area contributed by atoms with Crippen LogP contribution in [0.1, 0.15) is 26.2 Å². The summed E-state index contributed by atoms with van der Waals surface area (Å²) in [7, 11) is 0. The van der Waals surface area contributed by atoms with Crippen molar-refractivity contribution in [2.75, 3.05) is 0 Å². The van der Waals surface area contributed by atoms with Gasteiger partial charge in [-0.25, -0.2) is 0 Å². The van der Waals surface area contributed by atoms with Gasteiger partial charge in [0.15, 0.2) is 0 Å². The van der Waals surface area contributed by atoms with Gasteiger partial charge in [-0.2, -0.15) is 0 Å². The normalized spacial score (nSPS) is 14.6. The van der Waals surface area contributed by atoms with Gasteiger partial charge in [0.1, 0.15) is 0 Å². The zero-order valence-corrected chi connectivity index (χ0v) is 7.66. The number of hydrogen-bond acceptors (Lipinski definition) is 0. The Balaban J connectivity index is 0.000000120. The van der Waals surface area contributed by atoms with Gasteiger partial charge in [-0.05, 0) is 26.2 Å². The van der Waals surface area contributed by atoms with E-state index < -0.39 is 0 Å². The molecule has 0 amide bonds. The molecule has 1 aromatic rings. The van der Waals surface area contributed by atoms with Crippen molar-refractivity contribution in [2.45, 2.75) is 26.2 Å². The summed E-state index contributed by atoms with van der Waals surface area (Å²) in [6, 6.07) is 12.0. The van der Waals surface area contributed by atoms with E-state index in [4.69, 9.17) is 0 Å². The largest absolute Gasteiger partial charge is 0.0856 e. The lowest BCUT2D eigenvalue weighted by molar-refractivity contribution is 0.907. The Labute approximate surface area is 74.9 Å². The summed E-state index contributed by atoms with van der Waals surface area (Å²) in [4.78, 5) is 0. The number of rotatable bonds is 0. The average molecular weight is 160 g/mol. The third-order valence-electron chi connectivity index (χ3n) is 1.93. The maximum Gasteiger partial charge on any atom is -0.0320 e. The highest BCUT2D eigenvalue weighted by molar-refractivity contribution is 5.03. The van der Waals surface area contributed by atoms with Crippen molar-refractivity contribution < 1.29 is 0 Å². The lowest BCUT2D eigenvalue weighted by Crippen LogP contribution is -1.59. The maximum absolute atomic E-state index is 2.32. The molecular weight excluding hydrogens is 144 g/mol. The van der Waals surface area contributed by atoms with Crippen LogP contribution in [0.3, 0.4) is 0 Å². The third-order valence-corrected chi connectivity index (χ3v) is 1.93. The Hall–Kier alpha value is -1.04. The van der Waals surface area contributed by atoms with Crippen molar-refractivity contribution in [3.63, 3.8) is 0 Å². The van der Waals surface area contributed by atoms with Crippen LogP contribution in [0.5, 0.6) is 0 Å². The van der Waals surface area contributed by atoms with Crippen LogP contribution >= 0.6 is 0 Å². The van der Waals surface area contributed by atoms with Gasteiger partial charge in [-0.3, -0.25) is 0 Å². The van der Waals surface area contributed by atoms with Crippen LogP contribution < -0.4 is 0 Å². The summed E-state index contributed by atoms with van der Waals surface area (Å²) < 4.78 is 0. The fraction of sp³-hybridized carbons (Fsp3) is 0.333. The van der Waals surface area contributed by atoms with Gasteiger partial charge in [0.05, 0.1) is 0 Å². The molecule has 0 heterocycles. The molecule has 2 rings (SSSR count). The highest BCUT2D eigenvalue weighted by Gasteiger charge is 1.94. The highest BCUT2D eigenvalue weighted by Crippen LogP contribution is 2.15. The number of hydrogen-bond donors (Lipinski definition) is 0. The molecule has 0 saturated carbocycles. The standard InChI is InChI=1S/C6H10.C6H6/c1-6-4-2-3-5-6;1-2-4-6-5-3-1/h4H,2-3,5H2,1H3;1-6H. The Morgan fingerprint density at radius 3 is 1.58 bits per heavy atom. The summed E-state index contributed by atoms with van der Waals surface area (Å²) in [6.07, 6.45) is 6.39. The first-order chi connectivity index (χ1) is 5.89. The van der Waals surface area contributed by atoms with Gasteiger partial charge in [0.25, 0.3) is 0 Å². The van der Waals surface area contributed by atoms with Crippen LogP contribution in [0.15, 0.2) is 48.0 Å². The lowest BCUT2D eigenvalue weighted by Gasteiger charge is -1.79. The van der Waals surface area contributed by atoms with Crippen LogP contribution in [-0.2, 0) is 0 Å². The molecule has 1 aliphatic rings. The predicted octanol–water partition coefficient (Wildman–Crippen LogP) is 3.80. The highest BCUT2D eigenvalue weighted by atomic mass is 14.0. The van der Waals surface area contributed by atoms with Crippen molar-refractivity contribution in [1.29, 1.82) is 0 Å². The Kier molecular flexibility index (Phi) is 4.22. The molecule has 1 aromatic carbocycles. The molecular formula is C12H16. The molecule has 0 unspecified atom stereocenters. The molecule has 0 radical (unpaired) electrons. The molecule has 0 atom stereocenters. The van der Waals surface area contributed by atoms with E-state index in [0.29, 0.717) is 0 Å². The Morgan fingerprint density at radius 1 is 0.917 bits per heavy atom. The summed E-state index contributed by atoms with van der Waals surface area (Å²) in [5, 5.41) is 0. The summed E-state index contributed by atoms with van der Waals surface area (Å²) in [5.74, 6) is 0. The first-order valence-corrected chi connectivity index (χ1v) is 4.55. The first kappa shape index (κ1) is 9.05. The van der Waals surface area contributed by atoms with Crippen molar-refractivity contribution in [3.8, 4) is 0 Å². The van der Waals surface area contributed by atoms with Gasteiger partial charge in [0.2, 0.25) is 0 Å². The van der Waals surface area contributed by atoms with Gasteiger partial charge >= 0.3 is 0 Å². The average Bonchev–Trinajstić information content (AvgIpc) is 2.60. The maximum atomic E-state index is 2.32. The quantitative estimate of drug-likeness (QED) is 0.506. The summed E-state index contributed by atoms with van der Waals surface area (Å²) in [5.41, 5.74) is 1.58.